The van der Waals surface area contributed by atoms with Crippen molar-refractivity contribution in [2.75, 3.05) is 13.1 Å². The molecular weight excluding hydrogens is 298 g/mol. The minimum atomic E-state index is -0.605. The molecule has 9 heteroatoms. The van der Waals surface area contributed by atoms with Crippen LogP contribution in [0.3, 0.4) is 0 Å². The zero-order valence-electron chi connectivity index (χ0n) is 13.2. The topological polar surface area (TPSA) is 116 Å². The van der Waals surface area contributed by atoms with Gasteiger partial charge in [-0.1, -0.05) is 12.1 Å². The minimum Gasteiger partial charge on any atom is -0.363 e. The van der Waals surface area contributed by atoms with Gasteiger partial charge in [-0.3, -0.25) is 9.69 Å². The zero-order chi connectivity index (χ0) is 16.2. The summed E-state index contributed by atoms with van der Waals surface area (Å²) < 4.78 is 6.95. The largest absolute Gasteiger partial charge is 0.363 e. The lowest BCUT2D eigenvalue weighted by atomic mass is 10.1. The molecule has 1 amide bonds. The first-order valence-electron chi connectivity index (χ1n) is 7.90. The second-order valence-electron chi connectivity index (χ2n) is 5.80. The summed E-state index contributed by atoms with van der Waals surface area (Å²) in [6, 6.07) is 0.173. The van der Waals surface area contributed by atoms with Gasteiger partial charge in [0, 0.05) is 13.0 Å². The molecule has 1 atom stereocenters. The van der Waals surface area contributed by atoms with Crippen molar-refractivity contribution in [1.82, 2.24) is 29.8 Å². The third-order valence-corrected chi connectivity index (χ3v) is 3.92. The fourth-order valence-electron chi connectivity index (χ4n) is 2.82. The first-order chi connectivity index (χ1) is 11.2. The van der Waals surface area contributed by atoms with E-state index in [0.717, 1.165) is 38.8 Å². The molecule has 124 valence electrons. The standard InChI is InChI=1S/C14H21N7O2/c1-2-4-12-17-11(19-23-12)8-20-6-3-5-10(7-20)21-9-16-14(18-21)13(15)22/h9-10H,2-8H2,1H3,(H2,15,22). The summed E-state index contributed by atoms with van der Waals surface area (Å²) in [4.78, 5) is 21.7. The van der Waals surface area contributed by atoms with Gasteiger partial charge in [0.05, 0.1) is 12.6 Å². The lowest BCUT2D eigenvalue weighted by Crippen LogP contribution is -2.36. The van der Waals surface area contributed by atoms with Crippen molar-refractivity contribution in [2.45, 2.75) is 45.2 Å². The van der Waals surface area contributed by atoms with Crippen molar-refractivity contribution in [3.05, 3.63) is 23.9 Å². The molecule has 2 aromatic rings. The van der Waals surface area contributed by atoms with Crippen molar-refractivity contribution < 1.29 is 9.32 Å². The van der Waals surface area contributed by atoms with Crippen LogP contribution >= 0.6 is 0 Å². The Kier molecular flexibility index (Phi) is 4.65. The number of carbonyl (C=O) groups is 1. The van der Waals surface area contributed by atoms with Crippen LogP contribution in [0.4, 0.5) is 0 Å². The Bertz CT molecular complexity index is 666. The molecule has 1 fully saturated rings. The molecule has 1 aliphatic rings. The molecule has 1 saturated heterocycles. The Balaban J connectivity index is 1.61. The highest BCUT2D eigenvalue weighted by Crippen LogP contribution is 2.21. The van der Waals surface area contributed by atoms with E-state index in [4.69, 9.17) is 10.3 Å². The molecule has 3 heterocycles. The lowest BCUT2D eigenvalue weighted by molar-refractivity contribution is 0.0988. The molecule has 3 rings (SSSR count). The number of hydrogen-bond acceptors (Lipinski definition) is 7. The van der Waals surface area contributed by atoms with Gasteiger partial charge in [0.1, 0.15) is 6.33 Å². The van der Waals surface area contributed by atoms with E-state index in [1.165, 1.54) is 0 Å². The van der Waals surface area contributed by atoms with Gasteiger partial charge in [-0.15, -0.1) is 5.10 Å². The van der Waals surface area contributed by atoms with Crippen LogP contribution in [0.1, 0.15) is 54.6 Å². The van der Waals surface area contributed by atoms with Gasteiger partial charge >= 0.3 is 0 Å². The molecule has 0 bridgehead atoms. The Hall–Kier alpha value is -2.29. The highest BCUT2D eigenvalue weighted by atomic mass is 16.5. The maximum atomic E-state index is 11.1. The highest BCUT2D eigenvalue weighted by Gasteiger charge is 2.24. The highest BCUT2D eigenvalue weighted by molar-refractivity contribution is 5.88. The predicted molar refractivity (Wildman–Crippen MR) is 80.4 cm³/mol. The van der Waals surface area contributed by atoms with E-state index in [2.05, 4.69) is 32.0 Å². The van der Waals surface area contributed by atoms with Gasteiger partial charge in [0.2, 0.25) is 11.7 Å². The Morgan fingerprint density at radius 1 is 1.52 bits per heavy atom. The Labute approximate surface area is 133 Å². The summed E-state index contributed by atoms with van der Waals surface area (Å²) in [5.41, 5.74) is 5.20. The average molecular weight is 319 g/mol. The SMILES string of the molecule is CCCc1nc(CN2CCCC(n3cnc(C(N)=O)n3)C2)no1. The first-order valence-corrected chi connectivity index (χ1v) is 7.90. The maximum Gasteiger partial charge on any atom is 0.288 e. The predicted octanol–water partition coefficient (Wildman–Crippen LogP) is 0.550. The summed E-state index contributed by atoms with van der Waals surface area (Å²) in [5.74, 6) is 0.861. The number of hydrogen-bond donors (Lipinski definition) is 1. The van der Waals surface area contributed by atoms with Crippen molar-refractivity contribution in [2.24, 2.45) is 5.73 Å². The van der Waals surface area contributed by atoms with Crippen LogP contribution in [0, 0.1) is 0 Å². The van der Waals surface area contributed by atoms with Crippen LogP contribution in [0.2, 0.25) is 0 Å². The van der Waals surface area contributed by atoms with Crippen LogP contribution in [0.5, 0.6) is 0 Å². The normalized spacial score (nSPS) is 19.1. The lowest BCUT2D eigenvalue weighted by Gasteiger charge is -2.31. The number of aryl methyl sites for hydroxylation is 1. The summed E-state index contributed by atoms with van der Waals surface area (Å²) in [6.07, 6.45) is 5.40. The molecule has 0 aromatic carbocycles. The number of nitrogens with two attached hydrogens (primary N) is 1. The van der Waals surface area contributed by atoms with Gasteiger partial charge in [0.25, 0.3) is 5.91 Å². The monoisotopic (exact) mass is 319 g/mol. The number of carbonyl (C=O) groups excluding carboxylic acids is 1. The van der Waals surface area contributed by atoms with Crippen LogP contribution < -0.4 is 5.73 Å². The second kappa shape index (κ2) is 6.86. The van der Waals surface area contributed by atoms with Crippen LogP contribution in [-0.4, -0.2) is 48.8 Å². The fraction of sp³-hybridized carbons (Fsp3) is 0.643. The number of primary amides is 1. The minimum absolute atomic E-state index is 0.0597. The van der Waals surface area contributed by atoms with Gasteiger partial charge in [-0.05, 0) is 25.8 Å². The van der Waals surface area contributed by atoms with Crippen LogP contribution in [0.15, 0.2) is 10.9 Å². The van der Waals surface area contributed by atoms with Gasteiger partial charge in [-0.25, -0.2) is 9.67 Å². The molecule has 1 unspecified atom stereocenters. The molecule has 9 nitrogen and oxygen atoms in total. The molecule has 0 spiro atoms. The van der Waals surface area contributed by atoms with E-state index in [9.17, 15) is 4.79 Å². The number of amides is 1. The van der Waals surface area contributed by atoms with Gasteiger partial charge in [0.15, 0.2) is 5.82 Å². The third kappa shape index (κ3) is 3.73. The fourth-order valence-corrected chi connectivity index (χ4v) is 2.82. The summed E-state index contributed by atoms with van der Waals surface area (Å²) in [5, 5.41) is 8.19. The smallest absolute Gasteiger partial charge is 0.288 e. The summed E-state index contributed by atoms with van der Waals surface area (Å²) >= 11 is 0. The first kappa shape index (κ1) is 15.6. The van der Waals surface area contributed by atoms with Crippen LogP contribution in [-0.2, 0) is 13.0 Å². The van der Waals surface area contributed by atoms with E-state index in [-0.39, 0.29) is 11.9 Å². The molecule has 23 heavy (non-hydrogen) atoms. The van der Waals surface area contributed by atoms with E-state index >= 15 is 0 Å². The molecule has 2 aromatic heterocycles. The Morgan fingerprint density at radius 2 is 2.39 bits per heavy atom. The molecular formula is C14H21N7O2. The average Bonchev–Trinajstić information content (AvgIpc) is 3.17. The van der Waals surface area contributed by atoms with E-state index in [1.54, 1.807) is 11.0 Å². The number of aromatic nitrogens is 5. The van der Waals surface area contributed by atoms with E-state index in [0.29, 0.717) is 18.3 Å². The van der Waals surface area contributed by atoms with E-state index < -0.39 is 5.91 Å². The molecule has 0 aliphatic carbocycles. The van der Waals surface area contributed by atoms with Crippen LogP contribution in [0.25, 0.3) is 0 Å². The number of piperidine rings is 1. The summed E-state index contributed by atoms with van der Waals surface area (Å²) in [6.45, 7) is 4.52. The quantitative estimate of drug-likeness (QED) is 0.826. The number of nitrogens with zero attached hydrogens (tertiary/aromatic N) is 6. The Morgan fingerprint density at radius 3 is 3.13 bits per heavy atom. The molecule has 0 radical (unpaired) electrons. The van der Waals surface area contributed by atoms with E-state index in [1.807, 2.05) is 0 Å². The molecule has 2 N–H and O–H groups in total. The van der Waals surface area contributed by atoms with Gasteiger partial charge in [-0.2, -0.15) is 4.98 Å². The van der Waals surface area contributed by atoms with Gasteiger partial charge < -0.3 is 10.3 Å². The van der Waals surface area contributed by atoms with Crippen molar-refractivity contribution in [1.29, 1.82) is 0 Å². The molecule has 1 aliphatic heterocycles. The third-order valence-electron chi connectivity index (χ3n) is 3.92. The van der Waals surface area contributed by atoms with Crippen molar-refractivity contribution in [3.63, 3.8) is 0 Å². The summed E-state index contributed by atoms with van der Waals surface area (Å²) in [7, 11) is 0. The number of rotatable bonds is 6. The van der Waals surface area contributed by atoms with Crippen molar-refractivity contribution in [3.8, 4) is 0 Å². The maximum absolute atomic E-state index is 11.1. The van der Waals surface area contributed by atoms with Crippen molar-refractivity contribution >= 4 is 5.91 Å². The second-order valence-corrected chi connectivity index (χ2v) is 5.80. The number of likely N-dealkylation sites (tertiary alicyclic amines) is 1. The molecule has 0 saturated carbocycles. The zero-order valence-corrected chi connectivity index (χ0v) is 13.2.